The highest BCUT2D eigenvalue weighted by Crippen LogP contribution is 2.22. The molecule has 2 aliphatic heterocycles. The quantitative estimate of drug-likeness (QED) is 0.392. The van der Waals surface area contributed by atoms with Gasteiger partial charge in [-0.15, -0.1) is 12.4 Å². The molecule has 36 heavy (non-hydrogen) atoms. The van der Waals surface area contributed by atoms with Gasteiger partial charge < -0.3 is 21.3 Å². The van der Waals surface area contributed by atoms with E-state index in [0.717, 1.165) is 49.0 Å². The van der Waals surface area contributed by atoms with E-state index < -0.39 is 0 Å². The number of nitrogens with zero attached hydrogens (tertiary/aromatic N) is 2. The molecule has 0 atom stereocenters. The molecule has 3 aromatic carbocycles. The number of anilines is 2. The topological polar surface area (TPSA) is 107 Å². The third kappa shape index (κ3) is 5.67. The molecular formula is C26H24Cl2N6O2. The van der Waals surface area contributed by atoms with Gasteiger partial charge in [-0.05, 0) is 42.5 Å². The van der Waals surface area contributed by atoms with Crippen LogP contribution in [0.5, 0.6) is 0 Å². The van der Waals surface area contributed by atoms with Gasteiger partial charge in [0, 0.05) is 41.2 Å². The van der Waals surface area contributed by atoms with Gasteiger partial charge in [0.05, 0.1) is 23.7 Å². The van der Waals surface area contributed by atoms with Crippen molar-refractivity contribution in [1.29, 1.82) is 0 Å². The van der Waals surface area contributed by atoms with Crippen molar-refractivity contribution in [3.63, 3.8) is 0 Å². The Kier molecular flexibility index (Phi) is 7.87. The minimum absolute atomic E-state index is 0. The fraction of sp³-hybridized carbons (Fsp3) is 0.154. The first kappa shape index (κ1) is 25.2. The van der Waals surface area contributed by atoms with E-state index in [1.165, 1.54) is 6.07 Å². The predicted molar refractivity (Wildman–Crippen MR) is 146 cm³/mol. The molecule has 0 fully saturated rings. The van der Waals surface area contributed by atoms with E-state index in [9.17, 15) is 9.59 Å². The van der Waals surface area contributed by atoms with Crippen molar-refractivity contribution in [1.82, 2.24) is 10.6 Å². The van der Waals surface area contributed by atoms with Crippen LogP contribution in [0.25, 0.3) is 0 Å². The summed E-state index contributed by atoms with van der Waals surface area (Å²) in [6.07, 6.45) is 0. The van der Waals surface area contributed by atoms with E-state index in [-0.39, 0.29) is 34.8 Å². The van der Waals surface area contributed by atoms with E-state index in [0.29, 0.717) is 16.9 Å². The van der Waals surface area contributed by atoms with Crippen molar-refractivity contribution in [3.05, 3.63) is 94.0 Å². The van der Waals surface area contributed by atoms with Gasteiger partial charge in [-0.3, -0.25) is 19.6 Å². The first-order chi connectivity index (χ1) is 17.1. The molecule has 0 radical (unpaired) electrons. The summed E-state index contributed by atoms with van der Waals surface area (Å²) in [6, 6.07) is 19.5. The average Bonchev–Trinajstić information content (AvgIpc) is 3.59. The predicted octanol–water partition coefficient (Wildman–Crippen LogP) is 3.97. The summed E-state index contributed by atoms with van der Waals surface area (Å²) in [4.78, 5) is 34.5. The van der Waals surface area contributed by atoms with Crippen LogP contribution < -0.4 is 21.3 Å². The molecule has 4 N–H and O–H groups in total. The van der Waals surface area contributed by atoms with Gasteiger partial charge in [0.15, 0.2) is 0 Å². The number of rotatable bonds is 6. The molecule has 5 rings (SSSR count). The lowest BCUT2D eigenvalue weighted by Gasteiger charge is -2.11. The molecule has 10 heteroatoms. The summed E-state index contributed by atoms with van der Waals surface area (Å²) in [7, 11) is 0. The molecule has 2 amide bonds. The van der Waals surface area contributed by atoms with Crippen LogP contribution in [0.15, 0.2) is 76.7 Å². The number of amides is 2. The number of nitrogens with one attached hydrogen (secondary N) is 4. The Morgan fingerprint density at radius 2 is 1.31 bits per heavy atom. The number of carbonyl (C=O) groups is 2. The normalized spacial score (nSPS) is 14.0. The van der Waals surface area contributed by atoms with Gasteiger partial charge >= 0.3 is 0 Å². The third-order valence-electron chi connectivity index (χ3n) is 5.61. The third-order valence-corrected chi connectivity index (χ3v) is 5.92. The number of hydrogen-bond acceptors (Lipinski definition) is 6. The summed E-state index contributed by atoms with van der Waals surface area (Å²) >= 11 is 6.39. The molecule has 2 aliphatic rings. The maximum Gasteiger partial charge on any atom is 0.257 e. The van der Waals surface area contributed by atoms with E-state index in [1.54, 1.807) is 24.3 Å². The summed E-state index contributed by atoms with van der Waals surface area (Å²) in [5, 5.41) is 12.4. The van der Waals surface area contributed by atoms with E-state index in [2.05, 4.69) is 31.3 Å². The standard InChI is InChI=1S/C26H23ClN6O2.ClH/c27-22-15-18(25(34)32-19-5-1-3-16(13-19)23-28-9-10-29-23)7-8-21(22)26(35)33-20-6-2-4-17(14-20)24-30-11-12-31-24;/h1-8,13-15H,9-12H2,(H,28,29)(H,30,31)(H,32,34)(H,33,35);1H. The maximum absolute atomic E-state index is 12.8. The molecule has 0 saturated heterocycles. The molecular weight excluding hydrogens is 499 g/mol. The molecule has 8 nitrogen and oxygen atoms in total. The number of benzene rings is 3. The Morgan fingerprint density at radius 3 is 1.81 bits per heavy atom. The SMILES string of the molecule is Cl.O=C(Nc1cccc(C2=NCCN2)c1)c1ccc(C(=O)Nc2cccc(C3=NCCN3)c2)c(Cl)c1. The van der Waals surface area contributed by atoms with Crippen LogP contribution in [-0.4, -0.2) is 49.7 Å². The number of carbonyl (C=O) groups excluding carboxylic acids is 2. The van der Waals surface area contributed by atoms with E-state index >= 15 is 0 Å². The summed E-state index contributed by atoms with van der Waals surface area (Å²) in [5.41, 5.74) is 3.70. The maximum atomic E-state index is 12.8. The Bertz CT molecular complexity index is 1370. The lowest BCUT2D eigenvalue weighted by molar-refractivity contribution is 0.101. The van der Waals surface area contributed by atoms with Gasteiger partial charge in [0.25, 0.3) is 11.8 Å². The largest absolute Gasteiger partial charge is 0.368 e. The number of amidine groups is 2. The van der Waals surface area contributed by atoms with Crippen molar-refractivity contribution in [2.75, 3.05) is 36.8 Å². The minimum atomic E-state index is -0.363. The smallest absolute Gasteiger partial charge is 0.257 e. The van der Waals surface area contributed by atoms with Crippen LogP contribution >= 0.6 is 24.0 Å². The Balaban J connectivity index is 0.00000304. The fourth-order valence-corrected chi connectivity index (χ4v) is 4.18. The van der Waals surface area contributed by atoms with Crippen molar-refractivity contribution in [2.24, 2.45) is 9.98 Å². The van der Waals surface area contributed by atoms with Crippen LogP contribution in [0.1, 0.15) is 31.8 Å². The molecule has 0 aromatic heterocycles. The number of halogens is 2. The van der Waals surface area contributed by atoms with Crippen LogP contribution in [-0.2, 0) is 0 Å². The Hall–Kier alpha value is -3.88. The van der Waals surface area contributed by atoms with Crippen LogP contribution in [0, 0.1) is 0 Å². The van der Waals surface area contributed by atoms with Crippen molar-refractivity contribution in [2.45, 2.75) is 0 Å². The average molecular weight is 523 g/mol. The summed E-state index contributed by atoms with van der Waals surface area (Å²) in [6.45, 7) is 3.09. The molecule has 0 bridgehead atoms. The van der Waals surface area contributed by atoms with Gasteiger partial charge in [0.1, 0.15) is 11.7 Å². The van der Waals surface area contributed by atoms with Crippen molar-refractivity contribution in [3.8, 4) is 0 Å². The minimum Gasteiger partial charge on any atom is -0.368 e. The Morgan fingerprint density at radius 1 is 0.750 bits per heavy atom. The van der Waals surface area contributed by atoms with E-state index in [4.69, 9.17) is 11.6 Å². The molecule has 0 saturated carbocycles. The molecule has 0 aliphatic carbocycles. The zero-order valence-electron chi connectivity index (χ0n) is 19.2. The molecule has 184 valence electrons. The molecule has 0 unspecified atom stereocenters. The molecule has 3 aromatic rings. The van der Waals surface area contributed by atoms with Crippen LogP contribution in [0.4, 0.5) is 11.4 Å². The number of aliphatic imine (C=N–C) groups is 2. The second-order valence-electron chi connectivity index (χ2n) is 8.08. The van der Waals surface area contributed by atoms with Gasteiger partial charge in [0.2, 0.25) is 0 Å². The van der Waals surface area contributed by atoms with Gasteiger partial charge in [-0.2, -0.15) is 0 Å². The highest BCUT2D eigenvalue weighted by molar-refractivity contribution is 6.35. The first-order valence-electron chi connectivity index (χ1n) is 11.3. The van der Waals surface area contributed by atoms with Crippen molar-refractivity contribution >= 4 is 58.9 Å². The van der Waals surface area contributed by atoms with Crippen LogP contribution in [0.2, 0.25) is 5.02 Å². The number of hydrogen-bond donors (Lipinski definition) is 4. The van der Waals surface area contributed by atoms with Crippen LogP contribution in [0.3, 0.4) is 0 Å². The highest BCUT2D eigenvalue weighted by Gasteiger charge is 2.16. The lowest BCUT2D eigenvalue weighted by Crippen LogP contribution is -2.20. The second kappa shape index (κ2) is 11.2. The molecule has 2 heterocycles. The molecule has 0 spiro atoms. The monoisotopic (exact) mass is 522 g/mol. The zero-order valence-corrected chi connectivity index (χ0v) is 20.7. The Labute approximate surface area is 219 Å². The second-order valence-corrected chi connectivity index (χ2v) is 8.49. The van der Waals surface area contributed by atoms with Crippen molar-refractivity contribution < 1.29 is 9.59 Å². The summed E-state index contributed by atoms with van der Waals surface area (Å²) in [5.74, 6) is 0.943. The zero-order chi connectivity index (χ0) is 24.2. The van der Waals surface area contributed by atoms with Gasteiger partial charge in [-0.25, -0.2) is 0 Å². The fourth-order valence-electron chi connectivity index (χ4n) is 3.91. The van der Waals surface area contributed by atoms with E-state index in [1.807, 2.05) is 36.4 Å². The first-order valence-corrected chi connectivity index (χ1v) is 11.6. The highest BCUT2D eigenvalue weighted by atomic mass is 35.5. The lowest BCUT2D eigenvalue weighted by atomic mass is 10.1. The van der Waals surface area contributed by atoms with Gasteiger partial charge in [-0.1, -0.05) is 35.9 Å². The summed E-state index contributed by atoms with van der Waals surface area (Å²) < 4.78 is 0.